The highest BCUT2D eigenvalue weighted by atomic mass is 19.3. The molecule has 1 aliphatic carbocycles. The average Bonchev–Trinajstić information content (AvgIpc) is 2.60. The number of fused-ring (bicyclic) bond motifs is 1. The van der Waals surface area contributed by atoms with Crippen molar-refractivity contribution in [2.75, 3.05) is 0 Å². The standard InChI is InChI=1S/C23H22F4/c1-15-4-8-18(9-5-15)16(2)6-7-17(3)19-10-11-20-13-22(24,25)23(26,27)14-21(20)12-19/h4-5,8-12H,2-3,6-7,13-14H2,1H3. The number of allylic oxidation sites excluding steroid dienone is 2. The smallest absolute Gasteiger partial charge is 0.200 e. The highest BCUT2D eigenvalue weighted by molar-refractivity contribution is 5.69. The molecule has 0 spiro atoms. The van der Waals surface area contributed by atoms with E-state index in [1.165, 1.54) is 11.6 Å². The Hall–Kier alpha value is -2.36. The van der Waals surface area contributed by atoms with Gasteiger partial charge in [0.2, 0.25) is 0 Å². The molecule has 3 rings (SSSR count). The molecule has 27 heavy (non-hydrogen) atoms. The number of alkyl halides is 4. The highest BCUT2D eigenvalue weighted by Gasteiger charge is 2.58. The van der Waals surface area contributed by atoms with E-state index in [1.807, 2.05) is 31.2 Å². The van der Waals surface area contributed by atoms with Crippen LogP contribution in [0.15, 0.2) is 55.6 Å². The lowest BCUT2D eigenvalue weighted by molar-refractivity contribution is -0.211. The van der Waals surface area contributed by atoms with Crippen molar-refractivity contribution in [2.24, 2.45) is 0 Å². The zero-order valence-electron chi connectivity index (χ0n) is 15.3. The van der Waals surface area contributed by atoms with Crippen LogP contribution in [-0.2, 0) is 12.8 Å². The molecule has 0 bridgehead atoms. The molecule has 0 unspecified atom stereocenters. The second-order valence-electron chi connectivity index (χ2n) is 7.32. The molecule has 0 heterocycles. The van der Waals surface area contributed by atoms with E-state index >= 15 is 0 Å². The summed E-state index contributed by atoms with van der Waals surface area (Å²) in [6, 6.07) is 12.9. The predicted molar refractivity (Wildman–Crippen MR) is 102 cm³/mol. The Morgan fingerprint density at radius 1 is 0.778 bits per heavy atom. The molecule has 0 aromatic heterocycles. The predicted octanol–water partition coefficient (Wildman–Crippen LogP) is 6.87. The molecule has 2 aromatic rings. The maximum absolute atomic E-state index is 13.7. The van der Waals surface area contributed by atoms with E-state index in [1.54, 1.807) is 12.1 Å². The summed E-state index contributed by atoms with van der Waals surface area (Å²) in [6.07, 6.45) is -0.551. The van der Waals surface area contributed by atoms with Crippen molar-refractivity contribution in [2.45, 2.75) is 44.5 Å². The minimum absolute atomic E-state index is 0.280. The van der Waals surface area contributed by atoms with Gasteiger partial charge in [-0.05, 0) is 53.2 Å². The zero-order chi connectivity index (χ0) is 19.8. The molecular weight excluding hydrogens is 352 g/mol. The fourth-order valence-corrected chi connectivity index (χ4v) is 3.30. The van der Waals surface area contributed by atoms with Crippen LogP contribution >= 0.6 is 0 Å². The molecule has 0 saturated heterocycles. The summed E-state index contributed by atoms with van der Waals surface area (Å²) in [5.41, 5.74) is 5.26. The third kappa shape index (κ3) is 4.00. The molecule has 0 radical (unpaired) electrons. The minimum atomic E-state index is -4.01. The summed E-state index contributed by atoms with van der Waals surface area (Å²) in [7, 11) is 0. The van der Waals surface area contributed by atoms with Gasteiger partial charge in [-0.3, -0.25) is 0 Å². The van der Waals surface area contributed by atoms with Gasteiger partial charge in [-0.15, -0.1) is 0 Å². The van der Waals surface area contributed by atoms with Crippen molar-refractivity contribution in [3.63, 3.8) is 0 Å². The molecule has 0 saturated carbocycles. The fourth-order valence-electron chi connectivity index (χ4n) is 3.30. The largest absolute Gasteiger partial charge is 0.314 e. The van der Waals surface area contributed by atoms with Crippen LogP contribution in [-0.4, -0.2) is 11.8 Å². The molecule has 142 valence electrons. The van der Waals surface area contributed by atoms with Crippen LogP contribution in [0, 0.1) is 6.92 Å². The second kappa shape index (κ2) is 6.99. The van der Waals surface area contributed by atoms with E-state index in [9.17, 15) is 17.6 Å². The highest BCUT2D eigenvalue weighted by Crippen LogP contribution is 2.44. The average molecular weight is 374 g/mol. The number of benzene rings is 2. The van der Waals surface area contributed by atoms with E-state index in [0.717, 1.165) is 16.7 Å². The lowest BCUT2D eigenvalue weighted by Crippen LogP contribution is -2.47. The summed E-state index contributed by atoms with van der Waals surface area (Å²) in [6.45, 7) is 10.2. The Bertz CT molecular complexity index is 876. The van der Waals surface area contributed by atoms with Crippen LogP contribution in [0.2, 0.25) is 0 Å². The molecule has 4 heteroatoms. The normalized spacial score (nSPS) is 17.2. The van der Waals surface area contributed by atoms with Gasteiger partial charge in [0.15, 0.2) is 0 Å². The van der Waals surface area contributed by atoms with Crippen molar-refractivity contribution >= 4 is 11.1 Å². The van der Waals surface area contributed by atoms with Crippen LogP contribution in [0.3, 0.4) is 0 Å². The maximum Gasteiger partial charge on any atom is 0.314 e. The van der Waals surface area contributed by atoms with Crippen molar-refractivity contribution < 1.29 is 17.6 Å². The van der Waals surface area contributed by atoms with Crippen LogP contribution in [0.25, 0.3) is 11.1 Å². The number of aryl methyl sites for hydroxylation is 1. The lowest BCUT2D eigenvalue weighted by atomic mass is 9.84. The Kier molecular flexibility index (Phi) is 5.02. The van der Waals surface area contributed by atoms with Crippen molar-refractivity contribution in [1.29, 1.82) is 0 Å². The van der Waals surface area contributed by atoms with E-state index in [2.05, 4.69) is 13.2 Å². The molecule has 0 amide bonds. The number of halogens is 4. The van der Waals surface area contributed by atoms with E-state index in [4.69, 9.17) is 0 Å². The number of hydrogen-bond donors (Lipinski definition) is 0. The van der Waals surface area contributed by atoms with Gasteiger partial charge in [0.25, 0.3) is 0 Å². The summed E-state index contributed by atoms with van der Waals surface area (Å²) >= 11 is 0. The summed E-state index contributed by atoms with van der Waals surface area (Å²) in [4.78, 5) is 0. The van der Waals surface area contributed by atoms with Crippen LogP contribution in [0.1, 0.15) is 40.7 Å². The van der Waals surface area contributed by atoms with Crippen LogP contribution in [0.4, 0.5) is 17.6 Å². The third-order valence-electron chi connectivity index (χ3n) is 5.16. The Labute approximate surface area is 157 Å². The first-order valence-corrected chi connectivity index (χ1v) is 8.89. The third-order valence-corrected chi connectivity index (χ3v) is 5.16. The Balaban J connectivity index is 1.69. The molecule has 0 atom stereocenters. The zero-order valence-corrected chi connectivity index (χ0v) is 15.3. The summed E-state index contributed by atoms with van der Waals surface area (Å²) < 4.78 is 54.4. The lowest BCUT2D eigenvalue weighted by Gasteiger charge is -2.32. The van der Waals surface area contributed by atoms with Gasteiger partial charge in [0.05, 0.1) is 0 Å². The number of hydrogen-bond acceptors (Lipinski definition) is 0. The van der Waals surface area contributed by atoms with Gasteiger partial charge >= 0.3 is 11.8 Å². The topological polar surface area (TPSA) is 0 Å². The van der Waals surface area contributed by atoms with Gasteiger partial charge in [-0.1, -0.05) is 61.2 Å². The van der Waals surface area contributed by atoms with Gasteiger partial charge < -0.3 is 0 Å². The maximum atomic E-state index is 13.7. The van der Waals surface area contributed by atoms with Crippen molar-refractivity contribution in [3.8, 4) is 0 Å². The van der Waals surface area contributed by atoms with Gasteiger partial charge in [-0.2, -0.15) is 17.6 Å². The van der Waals surface area contributed by atoms with E-state index in [-0.39, 0.29) is 11.1 Å². The molecule has 2 aromatic carbocycles. The molecule has 0 fully saturated rings. The molecule has 0 aliphatic heterocycles. The monoisotopic (exact) mass is 374 g/mol. The summed E-state index contributed by atoms with van der Waals surface area (Å²) in [5, 5.41) is 0. The summed E-state index contributed by atoms with van der Waals surface area (Å²) in [5.74, 6) is -8.01. The van der Waals surface area contributed by atoms with Gasteiger partial charge in [-0.25, -0.2) is 0 Å². The number of rotatable bonds is 5. The van der Waals surface area contributed by atoms with Crippen molar-refractivity contribution in [1.82, 2.24) is 0 Å². The first-order chi connectivity index (χ1) is 12.6. The Morgan fingerprint density at radius 3 is 1.85 bits per heavy atom. The van der Waals surface area contributed by atoms with E-state index < -0.39 is 24.7 Å². The molecule has 0 N–H and O–H groups in total. The second-order valence-corrected chi connectivity index (χ2v) is 7.32. The minimum Gasteiger partial charge on any atom is -0.200 e. The first-order valence-electron chi connectivity index (χ1n) is 8.89. The molecular formula is C23H22F4. The molecule has 0 nitrogen and oxygen atoms in total. The quantitative estimate of drug-likeness (QED) is 0.501. The molecule has 1 aliphatic rings. The van der Waals surface area contributed by atoms with Gasteiger partial charge in [0, 0.05) is 12.8 Å². The van der Waals surface area contributed by atoms with E-state index in [0.29, 0.717) is 18.4 Å². The van der Waals surface area contributed by atoms with Crippen molar-refractivity contribution in [3.05, 3.63) is 83.4 Å². The van der Waals surface area contributed by atoms with Crippen LogP contribution in [0.5, 0.6) is 0 Å². The SMILES string of the molecule is C=C(CCC(=C)c1ccc2c(c1)CC(F)(F)C(F)(F)C2)c1ccc(C)cc1. The van der Waals surface area contributed by atoms with Gasteiger partial charge in [0.1, 0.15) is 0 Å². The fraction of sp³-hybridized carbons (Fsp3) is 0.304. The van der Waals surface area contributed by atoms with Crippen LogP contribution < -0.4 is 0 Å². The first kappa shape index (κ1) is 19.4. The Morgan fingerprint density at radius 2 is 1.26 bits per heavy atom.